The molecule has 1 saturated heterocycles. The molecule has 31 heavy (non-hydrogen) atoms. The average Bonchev–Trinajstić information content (AvgIpc) is 3.11. The van der Waals surface area contributed by atoms with Gasteiger partial charge in [0.1, 0.15) is 24.1 Å². The van der Waals surface area contributed by atoms with Crippen LogP contribution >= 0.6 is 7.60 Å². The smallest absolute Gasteiger partial charge is 0.340 e. The molecule has 14 nitrogen and oxygen atoms in total. The number of hydrogen-bond donors (Lipinski definition) is 5. The van der Waals surface area contributed by atoms with E-state index < -0.39 is 53.2 Å². The molecule has 0 unspecified atom stereocenters. The molecule has 0 bridgehead atoms. The standard InChI is InChI=1S/C15H23N6O8PS/c1-7-16-13(18-8-3-2-4-8)10-14(17-7)21(20-19-10)15-12(23)11(22)9(29-15)5-31(27,28)6-30(24,25)26/h8-9,11-12,15,22-23H,2-6H2,1H3,(H,16,17,18)(H2,24,25,26)/t9-,11-,12-,15-/m1/s1. The van der Waals surface area contributed by atoms with Crippen molar-refractivity contribution < 1.29 is 37.7 Å². The number of fused-ring (bicyclic) bond motifs is 1. The molecule has 2 aromatic rings. The van der Waals surface area contributed by atoms with Gasteiger partial charge in [-0.05, 0) is 26.2 Å². The van der Waals surface area contributed by atoms with Gasteiger partial charge in [-0.15, -0.1) is 5.10 Å². The fourth-order valence-corrected chi connectivity index (χ4v) is 6.83. The lowest BCUT2D eigenvalue weighted by molar-refractivity contribution is -0.0375. The Morgan fingerprint density at radius 1 is 1.23 bits per heavy atom. The number of hydrogen-bond acceptors (Lipinski definition) is 11. The van der Waals surface area contributed by atoms with Gasteiger partial charge >= 0.3 is 7.60 Å². The van der Waals surface area contributed by atoms with Crippen molar-refractivity contribution in [3.05, 3.63) is 5.82 Å². The Hall–Kier alpha value is -1.74. The summed E-state index contributed by atoms with van der Waals surface area (Å²) >= 11 is 0. The number of rotatable bonds is 7. The summed E-state index contributed by atoms with van der Waals surface area (Å²) in [6.07, 6.45) is -2.82. The van der Waals surface area contributed by atoms with Crippen LogP contribution in [0.25, 0.3) is 11.2 Å². The highest BCUT2D eigenvalue weighted by molar-refractivity contribution is 7.97. The summed E-state index contributed by atoms with van der Waals surface area (Å²) < 4.78 is 41.8. The molecule has 1 aliphatic heterocycles. The first kappa shape index (κ1) is 22.5. The van der Waals surface area contributed by atoms with Crippen LogP contribution in [0.2, 0.25) is 0 Å². The first-order chi connectivity index (χ1) is 14.4. The van der Waals surface area contributed by atoms with Gasteiger partial charge in [0.05, 0.1) is 5.75 Å². The lowest BCUT2D eigenvalue weighted by atomic mass is 9.93. The second kappa shape index (κ2) is 7.99. The number of nitrogens with zero attached hydrogens (tertiary/aromatic N) is 5. The zero-order valence-corrected chi connectivity index (χ0v) is 18.1. The van der Waals surface area contributed by atoms with Crippen molar-refractivity contribution in [1.82, 2.24) is 25.0 Å². The van der Waals surface area contributed by atoms with E-state index in [9.17, 15) is 23.2 Å². The van der Waals surface area contributed by atoms with Gasteiger partial charge in [0.2, 0.25) is 0 Å². The second-order valence-corrected chi connectivity index (χ2v) is 12.0. The van der Waals surface area contributed by atoms with E-state index in [1.165, 1.54) is 0 Å². The molecule has 0 amide bonds. The van der Waals surface area contributed by atoms with Crippen LogP contribution in [-0.2, 0) is 19.1 Å². The number of aryl methyl sites for hydroxylation is 1. The van der Waals surface area contributed by atoms with Gasteiger partial charge in [0.15, 0.2) is 38.5 Å². The van der Waals surface area contributed by atoms with Gasteiger partial charge in [-0.25, -0.2) is 18.4 Å². The second-order valence-electron chi connectivity index (χ2n) is 7.85. The van der Waals surface area contributed by atoms with E-state index in [0.717, 1.165) is 23.9 Å². The number of anilines is 1. The maximum Gasteiger partial charge on any atom is 0.340 e. The van der Waals surface area contributed by atoms with E-state index in [2.05, 4.69) is 25.6 Å². The van der Waals surface area contributed by atoms with E-state index >= 15 is 0 Å². The minimum absolute atomic E-state index is 0.226. The Balaban J connectivity index is 1.60. The molecule has 4 rings (SSSR count). The van der Waals surface area contributed by atoms with E-state index in [1.807, 2.05) is 0 Å². The Bertz CT molecular complexity index is 1130. The third-order valence-electron chi connectivity index (χ3n) is 5.24. The fourth-order valence-electron chi connectivity index (χ4n) is 3.59. The normalized spacial score (nSPS) is 27.5. The largest absolute Gasteiger partial charge is 0.387 e. The summed E-state index contributed by atoms with van der Waals surface area (Å²) in [7, 11) is -9.11. The van der Waals surface area contributed by atoms with Gasteiger partial charge in [-0.1, -0.05) is 5.21 Å². The maximum absolute atomic E-state index is 12.1. The molecule has 172 valence electrons. The van der Waals surface area contributed by atoms with Crippen LogP contribution in [0.3, 0.4) is 0 Å². The Labute approximate surface area is 176 Å². The first-order valence-corrected chi connectivity index (χ1v) is 13.2. The third kappa shape index (κ3) is 4.72. The van der Waals surface area contributed by atoms with Crippen LogP contribution in [0.15, 0.2) is 0 Å². The molecule has 1 saturated carbocycles. The molecule has 1 aliphatic carbocycles. The highest BCUT2D eigenvalue weighted by Gasteiger charge is 2.47. The van der Waals surface area contributed by atoms with Crippen LogP contribution in [0.1, 0.15) is 31.3 Å². The zero-order valence-electron chi connectivity index (χ0n) is 16.4. The quantitative estimate of drug-likeness (QED) is 0.292. The number of aliphatic hydroxyl groups is 2. The molecule has 4 atom stereocenters. The maximum atomic E-state index is 12.1. The predicted molar refractivity (Wildman–Crippen MR) is 106 cm³/mol. The molecule has 2 aromatic heterocycles. The SMILES string of the molecule is Cc1nc(NC2CCC2)c2nnn([C@@H]3O[C@H](CS(=O)(=O)CP(=O)(O)O)[C@@H](O)[C@H]3O)c2n1. The van der Waals surface area contributed by atoms with Crippen molar-refractivity contribution in [2.45, 2.75) is 56.8 Å². The summed E-state index contributed by atoms with van der Waals surface area (Å²) in [5.41, 5.74) is -0.827. The average molecular weight is 478 g/mol. The van der Waals surface area contributed by atoms with Crippen molar-refractivity contribution in [2.24, 2.45) is 0 Å². The Morgan fingerprint density at radius 3 is 2.55 bits per heavy atom. The third-order valence-corrected chi connectivity index (χ3v) is 9.00. The molecule has 3 heterocycles. The number of ether oxygens (including phenoxy) is 1. The van der Waals surface area contributed by atoms with Gasteiger partial charge in [-0.2, -0.15) is 4.68 Å². The number of sulfone groups is 1. The molecule has 0 spiro atoms. The summed E-state index contributed by atoms with van der Waals surface area (Å²) in [6.45, 7) is 1.67. The summed E-state index contributed by atoms with van der Waals surface area (Å²) in [5.74, 6) is 0.000965. The summed E-state index contributed by atoms with van der Waals surface area (Å²) in [6, 6.07) is 0.265. The predicted octanol–water partition coefficient (Wildman–Crippen LogP) is -1.34. The van der Waals surface area contributed by atoms with Crippen LogP contribution in [-0.4, -0.2) is 89.0 Å². The molecular weight excluding hydrogens is 455 g/mol. The number of nitrogens with one attached hydrogen (secondary N) is 1. The van der Waals surface area contributed by atoms with E-state index in [4.69, 9.17) is 14.5 Å². The molecule has 0 radical (unpaired) electrons. The number of aromatic nitrogens is 5. The molecule has 5 N–H and O–H groups in total. The van der Waals surface area contributed by atoms with Crippen LogP contribution in [0, 0.1) is 6.92 Å². The van der Waals surface area contributed by atoms with Gasteiger partial charge in [0.25, 0.3) is 0 Å². The summed E-state index contributed by atoms with van der Waals surface area (Å²) in [4.78, 5) is 26.5. The van der Waals surface area contributed by atoms with Gasteiger partial charge in [-0.3, -0.25) is 4.57 Å². The van der Waals surface area contributed by atoms with Gasteiger partial charge in [0, 0.05) is 6.04 Å². The topological polar surface area (TPSA) is 210 Å². The highest BCUT2D eigenvalue weighted by atomic mass is 32.2. The zero-order chi connectivity index (χ0) is 22.6. The summed E-state index contributed by atoms with van der Waals surface area (Å²) in [5, 5.41) is 32.0. The molecular formula is C15H23N6O8PS. The van der Waals surface area contributed by atoms with Crippen molar-refractivity contribution in [3.8, 4) is 0 Å². The Kier molecular flexibility index (Phi) is 5.79. The van der Waals surface area contributed by atoms with E-state index in [1.54, 1.807) is 6.92 Å². The lowest BCUT2D eigenvalue weighted by Gasteiger charge is -2.26. The van der Waals surface area contributed by atoms with Crippen molar-refractivity contribution >= 4 is 34.4 Å². The van der Waals surface area contributed by atoms with E-state index in [-0.39, 0.29) is 11.7 Å². The van der Waals surface area contributed by atoms with E-state index in [0.29, 0.717) is 17.2 Å². The first-order valence-electron chi connectivity index (χ1n) is 9.56. The molecule has 2 fully saturated rings. The number of aliphatic hydroxyl groups excluding tert-OH is 2. The molecule has 0 aromatic carbocycles. The van der Waals surface area contributed by atoms with Crippen LogP contribution in [0.4, 0.5) is 5.82 Å². The minimum Gasteiger partial charge on any atom is -0.387 e. The fraction of sp³-hybridized carbons (Fsp3) is 0.733. The molecule has 2 aliphatic rings. The minimum atomic E-state index is -4.83. The van der Waals surface area contributed by atoms with Crippen molar-refractivity contribution in [3.63, 3.8) is 0 Å². The van der Waals surface area contributed by atoms with Gasteiger partial charge < -0.3 is 30.1 Å². The van der Waals surface area contributed by atoms with Crippen molar-refractivity contribution in [2.75, 3.05) is 16.6 Å². The van der Waals surface area contributed by atoms with Crippen LogP contribution in [0.5, 0.6) is 0 Å². The van der Waals surface area contributed by atoms with Crippen molar-refractivity contribution in [1.29, 1.82) is 0 Å². The highest BCUT2D eigenvalue weighted by Crippen LogP contribution is 2.38. The van der Waals surface area contributed by atoms with Crippen LogP contribution < -0.4 is 5.32 Å². The molecule has 16 heteroatoms. The Morgan fingerprint density at radius 2 is 1.94 bits per heavy atom. The monoisotopic (exact) mass is 478 g/mol. The lowest BCUT2D eigenvalue weighted by Crippen LogP contribution is -2.36.